The highest BCUT2D eigenvalue weighted by Gasteiger charge is 2.44. The normalized spacial score (nSPS) is 28.0. The van der Waals surface area contributed by atoms with Crippen molar-refractivity contribution in [3.63, 3.8) is 0 Å². The molecule has 4 N–H and O–H groups in total. The number of hydrogen-bond acceptors (Lipinski definition) is 16. The quantitative estimate of drug-likeness (QED) is 0.177. The van der Waals surface area contributed by atoms with Gasteiger partial charge in [-0.1, -0.05) is 0 Å². The molecule has 177 valence electrons. The van der Waals surface area contributed by atoms with Crippen molar-refractivity contribution in [2.24, 2.45) is 0 Å². The van der Waals surface area contributed by atoms with E-state index in [4.69, 9.17) is 29.6 Å². The van der Waals surface area contributed by atoms with E-state index in [0.29, 0.717) is 0 Å². The SMILES string of the molecule is [B-]P(=O)(OC[C@H]1O[C@@H](n2cnc3c(N)nc(Cl)nc32)[C@H](O)[C@@H]1O)OP(=O)([O-])OP(=O)([O-])[O-]. The molecule has 0 aliphatic carbocycles. The van der Waals surface area contributed by atoms with Crippen LogP contribution in [-0.2, 0) is 31.6 Å². The Hall–Kier alpha value is -0.965. The molecule has 3 radical (unpaired) electrons. The number of halogens is 1. The first-order valence-corrected chi connectivity index (χ1v) is 13.0. The van der Waals surface area contributed by atoms with Gasteiger partial charge in [-0.15, -0.1) is 0 Å². The van der Waals surface area contributed by atoms with Crippen LogP contribution in [0, 0.1) is 0 Å². The van der Waals surface area contributed by atoms with Crippen LogP contribution < -0.4 is 20.4 Å². The highest BCUT2D eigenvalue weighted by molar-refractivity contribution is 7.83. The summed E-state index contributed by atoms with van der Waals surface area (Å²) >= 11 is 5.76. The number of nitrogen functional groups attached to an aromatic ring is 1. The Bertz CT molecular complexity index is 1160. The van der Waals surface area contributed by atoms with Gasteiger partial charge < -0.3 is 56.6 Å². The Balaban J connectivity index is 1.72. The predicted molar refractivity (Wildman–Crippen MR) is 97.4 cm³/mol. The molecule has 1 saturated heterocycles. The first-order valence-electron chi connectivity index (χ1n) is 8.05. The Labute approximate surface area is 184 Å². The van der Waals surface area contributed by atoms with Crippen LogP contribution in [0.5, 0.6) is 0 Å². The molecule has 32 heavy (non-hydrogen) atoms. The standard InChI is InChI=1S/C10H14BClN5O12P3/c11-30(20,28-32(24,25)29-31(21,22)23)26-1-3-5(18)6(19)9(27-3)17-2-14-4-7(13)15-10(12)16-8(4)17/h2-3,5-6,9,18-19H,1H2,(H,24,25)(H2,13,15,16)(H2,21,22,23)/q-1/p-3/t3-,5-,6-,9-,30?/m1/s1. The van der Waals surface area contributed by atoms with Gasteiger partial charge in [-0.2, -0.15) is 9.97 Å². The second-order valence-electron chi connectivity index (χ2n) is 6.14. The molecule has 0 aromatic carbocycles. The third-order valence-corrected chi connectivity index (χ3v) is 7.85. The molecule has 22 heteroatoms. The van der Waals surface area contributed by atoms with Gasteiger partial charge in [0.25, 0.3) is 7.82 Å². The fraction of sp³-hybridized carbons (Fsp3) is 0.500. The van der Waals surface area contributed by atoms with Gasteiger partial charge >= 0.3 is 0 Å². The Morgan fingerprint density at radius 1 is 1.22 bits per heavy atom. The van der Waals surface area contributed by atoms with Gasteiger partial charge in [0.1, 0.15) is 23.8 Å². The van der Waals surface area contributed by atoms with Crippen LogP contribution >= 0.6 is 34.7 Å². The molecule has 0 amide bonds. The zero-order chi connectivity index (χ0) is 24.1. The zero-order valence-corrected chi connectivity index (χ0v) is 18.7. The fourth-order valence-electron chi connectivity index (χ4n) is 2.67. The summed E-state index contributed by atoms with van der Waals surface area (Å²) < 4.78 is 51.6. The van der Waals surface area contributed by atoms with Gasteiger partial charge in [-0.05, 0) is 11.6 Å². The second kappa shape index (κ2) is 9.00. The van der Waals surface area contributed by atoms with Crippen LogP contribution in [-0.4, -0.2) is 62.2 Å². The van der Waals surface area contributed by atoms with E-state index in [1.165, 1.54) is 0 Å². The summed E-state index contributed by atoms with van der Waals surface area (Å²) in [6.07, 6.45) is -4.96. The first kappa shape index (κ1) is 25.7. The molecular weight excluding hydrogens is 521 g/mol. The van der Waals surface area contributed by atoms with E-state index in [1.807, 2.05) is 0 Å². The van der Waals surface area contributed by atoms with E-state index in [-0.39, 0.29) is 22.3 Å². The molecule has 1 fully saturated rings. The maximum Gasteiger partial charge on any atom is 0.276 e. The molecule has 3 rings (SSSR count). The van der Waals surface area contributed by atoms with Crippen molar-refractivity contribution in [2.45, 2.75) is 24.5 Å². The van der Waals surface area contributed by atoms with E-state index >= 15 is 0 Å². The molecule has 17 nitrogen and oxygen atoms in total. The minimum absolute atomic E-state index is 0.0391. The second-order valence-corrected chi connectivity index (χ2v) is 10.9. The Morgan fingerprint density at radius 3 is 2.50 bits per heavy atom. The first-order chi connectivity index (χ1) is 14.6. The average molecular weight is 532 g/mol. The van der Waals surface area contributed by atoms with Crippen LogP contribution in [0.25, 0.3) is 11.2 Å². The van der Waals surface area contributed by atoms with Gasteiger partial charge in [-0.3, -0.25) is 17.8 Å². The van der Waals surface area contributed by atoms with Crippen molar-refractivity contribution in [1.29, 1.82) is 0 Å². The van der Waals surface area contributed by atoms with Crippen LogP contribution in [0.2, 0.25) is 5.28 Å². The number of nitrogens with two attached hydrogens (primary N) is 1. The number of hydrogen-bond donors (Lipinski definition) is 3. The summed E-state index contributed by atoms with van der Waals surface area (Å²) in [6.45, 7) is -0.917. The molecule has 2 aromatic heterocycles. The molecule has 2 aromatic rings. The third kappa shape index (κ3) is 5.93. The largest absolute Gasteiger partial charge is 0.790 e. The number of nitrogens with zero attached hydrogens (tertiary/aromatic N) is 4. The van der Waals surface area contributed by atoms with Crippen LogP contribution in [0.3, 0.4) is 0 Å². The lowest BCUT2D eigenvalue weighted by molar-refractivity contribution is -0.339. The van der Waals surface area contributed by atoms with Crippen molar-refractivity contribution in [2.75, 3.05) is 12.3 Å². The molecule has 0 bridgehead atoms. The van der Waals surface area contributed by atoms with Gasteiger partial charge in [0.15, 0.2) is 17.7 Å². The van der Waals surface area contributed by atoms with Gasteiger partial charge in [0.05, 0.1) is 28.2 Å². The van der Waals surface area contributed by atoms with Gasteiger partial charge in [0, 0.05) is 0 Å². The number of anilines is 1. The fourth-order valence-corrected chi connectivity index (χ4v) is 5.87. The molecule has 1 aliphatic heterocycles. The topological polar surface area (TPSA) is 267 Å². The van der Waals surface area contributed by atoms with E-state index in [0.717, 1.165) is 10.9 Å². The maximum atomic E-state index is 11.9. The van der Waals surface area contributed by atoms with E-state index in [9.17, 15) is 38.6 Å². The van der Waals surface area contributed by atoms with Crippen LogP contribution in [0.15, 0.2) is 6.33 Å². The molecular formula is C10H11BClN5O12P3-4. The molecule has 0 saturated carbocycles. The summed E-state index contributed by atoms with van der Waals surface area (Å²) in [5.41, 5.74) is 5.83. The van der Waals surface area contributed by atoms with Crippen LogP contribution in [0.1, 0.15) is 6.23 Å². The molecule has 1 aliphatic rings. The number of imidazole rings is 1. The average Bonchev–Trinajstić information content (AvgIpc) is 3.12. The van der Waals surface area contributed by atoms with Crippen molar-refractivity contribution in [3.8, 4) is 0 Å². The van der Waals surface area contributed by atoms with Crippen molar-refractivity contribution in [3.05, 3.63) is 11.6 Å². The van der Waals surface area contributed by atoms with Gasteiger partial charge in [-0.25, -0.2) is 4.98 Å². The maximum absolute atomic E-state index is 11.9. The number of ether oxygens (including phenoxy) is 1. The predicted octanol–water partition coefficient (Wildman–Crippen LogP) is -2.70. The summed E-state index contributed by atoms with van der Waals surface area (Å²) in [5.74, 6) is -0.0714. The van der Waals surface area contributed by atoms with Crippen molar-refractivity contribution < 1.29 is 56.5 Å². The lowest BCUT2D eigenvalue weighted by atomic mass is 10.1. The Morgan fingerprint density at radius 2 is 1.88 bits per heavy atom. The van der Waals surface area contributed by atoms with E-state index < -0.39 is 54.3 Å². The molecule has 3 heterocycles. The summed E-state index contributed by atoms with van der Waals surface area (Å²) in [7, 11) is -12.1. The highest BCUT2D eigenvalue weighted by Crippen LogP contribution is 2.62. The lowest BCUT2D eigenvalue weighted by Gasteiger charge is -2.39. The smallest absolute Gasteiger partial charge is 0.276 e. The molecule has 2 unspecified atom stereocenters. The summed E-state index contributed by atoms with van der Waals surface area (Å²) in [4.78, 5) is 43.6. The summed E-state index contributed by atoms with van der Waals surface area (Å²) in [6, 6.07) is 0. The minimum atomic E-state index is -6.06. The number of aliphatic hydroxyl groups excluding tert-OH is 2. The monoisotopic (exact) mass is 532 g/mol. The van der Waals surface area contributed by atoms with E-state index in [2.05, 4.69) is 28.1 Å². The van der Waals surface area contributed by atoms with Crippen molar-refractivity contribution in [1.82, 2.24) is 19.5 Å². The molecule has 6 atom stereocenters. The zero-order valence-electron chi connectivity index (χ0n) is 15.2. The van der Waals surface area contributed by atoms with Crippen LogP contribution in [0.4, 0.5) is 5.82 Å². The molecule has 0 spiro atoms. The number of phosphoric acid groups is 2. The number of aromatic nitrogens is 4. The van der Waals surface area contributed by atoms with Crippen molar-refractivity contribution >= 4 is 59.3 Å². The highest BCUT2D eigenvalue weighted by atomic mass is 35.5. The third-order valence-electron chi connectivity index (χ3n) is 3.87. The van der Waals surface area contributed by atoms with Gasteiger partial charge in [0.2, 0.25) is 5.28 Å². The lowest BCUT2D eigenvalue weighted by Crippen LogP contribution is -2.33. The minimum Gasteiger partial charge on any atom is -0.790 e. The van der Waals surface area contributed by atoms with E-state index in [1.54, 1.807) is 0 Å². The number of aliphatic hydroxyl groups is 2. The number of fused-ring (bicyclic) bond motifs is 1. The number of rotatable bonds is 8. The summed E-state index contributed by atoms with van der Waals surface area (Å²) in [5, 5.41) is 20.3. The Kier molecular flexibility index (Phi) is 7.22.